The third kappa shape index (κ3) is 2.52. The number of hydrogen-bond donors (Lipinski definition) is 1. The molecule has 0 saturated heterocycles. The number of rotatable bonds is 3. The minimum absolute atomic E-state index is 0.0732. The van der Waals surface area contributed by atoms with Crippen LogP contribution in [0, 0.1) is 5.82 Å². The van der Waals surface area contributed by atoms with Crippen molar-refractivity contribution in [2.75, 3.05) is 5.73 Å². The van der Waals surface area contributed by atoms with Crippen LogP contribution in [0.15, 0.2) is 28.7 Å². The van der Waals surface area contributed by atoms with Crippen LogP contribution in [0.25, 0.3) is 0 Å². The van der Waals surface area contributed by atoms with Gasteiger partial charge in [-0.25, -0.2) is 4.39 Å². The first-order valence-corrected chi connectivity index (χ1v) is 4.56. The summed E-state index contributed by atoms with van der Waals surface area (Å²) in [5, 5.41) is 7.28. The van der Waals surface area contributed by atoms with Crippen LogP contribution >= 0.6 is 0 Å². The Labute approximate surface area is 85.9 Å². The van der Waals surface area contributed by atoms with E-state index >= 15 is 0 Å². The van der Waals surface area contributed by atoms with Crippen LogP contribution in [0.2, 0.25) is 0 Å². The highest BCUT2D eigenvalue weighted by atomic mass is 19.1. The third-order valence-electron chi connectivity index (χ3n) is 2.02. The topological polar surface area (TPSA) is 64.9 Å². The molecule has 0 unspecified atom stereocenters. The molecule has 2 rings (SSSR count). The molecule has 0 fully saturated rings. The molecule has 0 radical (unpaired) electrons. The fraction of sp³-hybridized carbons (Fsp3) is 0.200. The maximum Gasteiger partial charge on any atom is 0.312 e. The van der Waals surface area contributed by atoms with Gasteiger partial charge in [-0.15, -0.1) is 5.10 Å². The van der Waals surface area contributed by atoms with Gasteiger partial charge in [-0.05, 0) is 24.1 Å². The standard InChI is InChI=1S/C10H10FN3O/c11-8-4-1-7(2-5-8)3-6-9-13-14-10(12)15-9/h1-2,4-5H,3,6H2,(H2,12,14). The predicted octanol–water partition coefficient (Wildman–Crippen LogP) is 1.58. The second-order valence-corrected chi connectivity index (χ2v) is 3.16. The number of nitrogens with two attached hydrogens (primary N) is 1. The van der Waals surface area contributed by atoms with E-state index in [9.17, 15) is 4.39 Å². The lowest BCUT2D eigenvalue weighted by molar-refractivity contribution is 0.509. The molecule has 2 N–H and O–H groups in total. The molecule has 0 aliphatic carbocycles. The maximum absolute atomic E-state index is 12.6. The van der Waals surface area contributed by atoms with Gasteiger partial charge < -0.3 is 10.2 Å². The van der Waals surface area contributed by atoms with E-state index in [0.717, 1.165) is 12.0 Å². The summed E-state index contributed by atoms with van der Waals surface area (Å²) >= 11 is 0. The minimum Gasteiger partial charge on any atom is -0.408 e. The van der Waals surface area contributed by atoms with Crippen LogP contribution in [0.5, 0.6) is 0 Å². The van der Waals surface area contributed by atoms with Crippen molar-refractivity contribution in [3.8, 4) is 0 Å². The largest absolute Gasteiger partial charge is 0.408 e. The number of aromatic nitrogens is 2. The number of nitrogens with zero attached hydrogens (tertiary/aromatic N) is 2. The molecule has 0 atom stereocenters. The van der Waals surface area contributed by atoms with E-state index in [1.54, 1.807) is 12.1 Å². The van der Waals surface area contributed by atoms with Crippen molar-refractivity contribution in [2.24, 2.45) is 0 Å². The van der Waals surface area contributed by atoms with Crippen LogP contribution in [-0.2, 0) is 12.8 Å². The van der Waals surface area contributed by atoms with Crippen LogP contribution in [0.4, 0.5) is 10.4 Å². The second-order valence-electron chi connectivity index (χ2n) is 3.16. The van der Waals surface area contributed by atoms with Crippen molar-refractivity contribution in [1.82, 2.24) is 10.2 Å². The van der Waals surface area contributed by atoms with Crippen molar-refractivity contribution in [3.05, 3.63) is 41.5 Å². The van der Waals surface area contributed by atoms with Gasteiger partial charge in [0.2, 0.25) is 5.89 Å². The van der Waals surface area contributed by atoms with E-state index in [4.69, 9.17) is 10.2 Å². The molecule has 0 aliphatic heterocycles. The van der Waals surface area contributed by atoms with Crippen LogP contribution in [0.1, 0.15) is 11.5 Å². The molecule has 1 heterocycles. The Morgan fingerprint density at radius 1 is 1.13 bits per heavy atom. The van der Waals surface area contributed by atoms with E-state index < -0.39 is 0 Å². The first kappa shape index (κ1) is 9.64. The molecule has 1 aromatic heterocycles. The van der Waals surface area contributed by atoms with Crippen molar-refractivity contribution >= 4 is 6.01 Å². The molecule has 78 valence electrons. The molecule has 0 spiro atoms. The summed E-state index contributed by atoms with van der Waals surface area (Å²) in [4.78, 5) is 0. The average molecular weight is 207 g/mol. The summed E-state index contributed by atoms with van der Waals surface area (Å²) in [7, 11) is 0. The summed E-state index contributed by atoms with van der Waals surface area (Å²) in [6.07, 6.45) is 1.33. The number of benzene rings is 1. The lowest BCUT2D eigenvalue weighted by atomic mass is 10.1. The van der Waals surface area contributed by atoms with Gasteiger partial charge in [-0.3, -0.25) is 0 Å². The van der Waals surface area contributed by atoms with Crippen molar-refractivity contribution < 1.29 is 8.81 Å². The third-order valence-corrected chi connectivity index (χ3v) is 2.02. The predicted molar refractivity (Wildman–Crippen MR) is 52.5 cm³/mol. The molecule has 15 heavy (non-hydrogen) atoms. The minimum atomic E-state index is -0.235. The molecule has 1 aromatic carbocycles. The van der Waals surface area contributed by atoms with Crippen LogP contribution < -0.4 is 5.73 Å². The number of aryl methyl sites for hydroxylation is 2. The first-order chi connectivity index (χ1) is 7.24. The number of nitrogen functional groups attached to an aromatic ring is 1. The molecular weight excluding hydrogens is 197 g/mol. The molecule has 5 heteroatoms. The second kappa shape index (κ2) is 4.08. The van der Waals surface area contributed by atoms with Gasteiger partial charge in [-0.2, -0.15) is 0 Å². The molecule has 2 aromatic rings. The van der Waals surface area contributed by atoms with Crippen molar-refractivity contribution in [3.63, 3.8) is 0 Å². The lowest BCUT2D eigenvalue weighted by Crippen LogP contribution is -1.91. The summed E-state index contributed by atoms with van der Waals surface area (Å²) < 4.78 is 17.6. The normalized spacial score (nSPS) is 10.5. The van der Waals surface area contributed by atoms with E-state index in [2.05, 4.69) is 10.2 Å². The zero-order valence-corrected chi connectivity index (χ0v) is 7.98. The summed E-state index contributed by atoms with van der Waals surface area (Å²) in [6, 6.07) is 6.39. The Morgan fingerprint density at radius 2 is 1.87 bits per heavy atom. The summed E-state index contributed by atoms with van der Waals surface area (Å²) in [5.41, 5.74) is 6.30. The Hall–Kier alpha value is -1.91. The van der Waals surface area contributed by atoms with Gasteiger partial charge in [0.05, 0.1) is 0 Å². The fourth-order valence-electron chi connectivity index (χ4n) is 1.27. The zero-order valence-electron chi connectivity index (χ0n) is 7.98. The zero-order chi connectivity index (χ0) is 10.7. The van der Waals surface area contributed by atoms with Gasteiger partial charge >= 0.3 is 6.01 Å². The Bertz CT molecular complexity index is 438. The number of anilines is 1. The van der Waals surface area contributed by atoms with E-state index in [0.29, 0.717) is 12.3 Å². The van der Waals surface area contributed by atoms with Gasteiger partial charge in [0.25, 0.3) is 0 Å². The Balaban J connectivity index is 1.96. The molecule has 0 amide bonds. The van der Waals surface area contributed by atoms with E-state index in [1.807, 2.05) is 0 Å². The van der Waals surface area contributed by atoms with Gasteiger partial charge in [0, 0.05) is 6.42 Å². The monoisotopic (exact) mass is 207 g/mol. The SMILES string of the molecule is Nc1nnc(CCc2ccc(F)cc2)o1. The summed E-state index contributed by atoms with van der Waals surface area (Å²) in [5.74, 6) is 0.262. The Morgan fingerprint density at radius 3 is 2.47 bits per heavy atom. The quantitative estimate of drug-likeness (QED) is 0.829. The van der Waals surface area contributed by atoms with Crippen molar-refractivity contribution in [2.45, 2.75) is 12.8 Å². The molecule has 0 aliphatic rings. The highest BCUT2D eigenvalue weighted by Gasteiger charge is 2.03. The fourth-order valence-corrected chi connectivity index (χ4v) is 1.27. The van der Waals surface area contributed by atoms with Crippen LogP contribution in [0.3, 0.4) is 0 Å². The highest BCUT2D eigenvalue weighted by molar-refractivity contribution is 5.16. The summed E-state index contributed by atoms with van der Waals surface area (Å²) in [6.45, 7) is 0. The average Bonchev–Trinajstić information content (AvgIpc) is 2.64. The van der Waals surface area contributed by atoms with Crippen LogP contribution in [-0.4, -0.2) is 10.2 Å². The van der Waals surface area contributed by atoms with Gasteiger partial charge in [0.1, 0.15) is 5.82 Å². The van der Waals surface area contributed by atoms with E-state index in [1.165, 1.54) is 12.1 Å². The molecular formula is C10H10FN3O. The van der Waals surface area contributed by atoms with E-state index in [-0.39, 0.29) is 11.8 Å². The number of hydrogen-bond acceptors (Lipinski definition) is 4. The number of halogens is 1. The van der Waals surface area contributed by atoms with Crippen molar-refractivity contribution in [1.29, 1.82) is 0 Å². The molecule has 0 bridgehead atoms. The highest BCUT2D eigenvalue weighted by Crippen LogP contribution is 2.08. The van der Waals surface area contributed by atoms with Gasteiger partial charge in [0.15, 0.2) is 0 Å². The lowest BCUT2D eigenvalue weighted by Gasteiger charge is -1.97. The molecule has 0 saturated carbocycles. The van der Waals surface area contributed by atoms with Gasteiger partial charge in [-0.1, -0.05) is 17.2 Å². The maximum atomic E-state index is 12.6. The Kier molecular flexibility index (Phi) is 2.62. The first-order valence-electron chi connectivity index (χ1n) is 4.56. The molecule has 4 nitrogen and oxygen atoms in total. The smallest absolute Gasteiger partial charge is 0.312 e.